The van der Waals surface area contributed by atoms with Crippen molar-refractivity contribution in [2.45, 2.75) is 13.2 Å². The molecule has 0 amide bonds. The van der Waals surface area contributed by atoms with Crippen LogP contribution in [-0.2, 0) is 17.9 Å². The average Bonchev–Trinajstić information content (AvgIpc) is 2.48. The van der Waals surface area contributed by atoms with E-state index in [-0.39, 0.29) is 6.79 Å². The maximum absolute atomic E-state index is 6.12. The van der Waals surface area contributed by atoms with Gasteiger partial charge in [0.15, 0.2) is 6.79 Å². The molecule has 0 saturated carbocycles. The molecule has 4 nitrogen and oxygen atoms in total. The first kappa shape index (κ1) is 13.2. The first-order valence-electron chi connectivity index (χ1n) is 6.39. The van der Waals surface area contributed by atoms with Gasteiger partial charge in [-0.25, -0.2) is 5.43 Å². The van der Waals surface area contributed by atoms with Crippen LogP contribution < -0.4 is 15.6 Å². The van der Waals surface area contributed by atoms with Crippen LogP contribution in [0.3, 0.4) is 0 Å². The van der Waals surface area contributed by atoms with Crippen LogP contribution in [0.1, 0.15) is 11.1 Å². The van der Waals surface area contributed by atoms with Crippen molar-refractivity contribution < 1.29 is 9.47 Å². The highest BCUT2D eigenvalue weighted by molar-refractivity contribution is 6.30. The van der Waals surface area contributed by atoms with Crippen molar-refractivity contribution in [2.24, 2.45) is 0 Å². The summed E-state index contributed by atoms with van der Waals surface area (Å²) in [6.45, 7) is 1.43. The molecule has 2 aromatic rings. The Hall–Kier alpha value is -1.75. The number of nitrogens with one attached hydrogen (secondary N) is 2. The van der Waals surface area contributed by atoms with Crippen molar-refractivity contribution in [1.29, 1.82) is 0 Å². The zero-order chi connectivity index (χ0) is 13.8. The highest BCUT2D eigenvalue weighted by Gasteiger charge is 2.16. The van der Waals surface area contributed by atoms with Crippen molar-refractivity contribution >= 4 is 17.3 Å². The van der Waals surface area contributed by atoms with Crippen molar-refractivity contribution in [3.63, 3.8) is 0 Å². The monoisotopic (exact) mass is 290 g/mol. The second kappa shape index (κ2) is 6.13. The van der Waals surface area contributed by atoms with Gasteiger partial charge in [-0.15, -0.1) is 0 Å². The summed E-state index contributed by atoms with van der Waals surface area (Å²) in [7, 11) is 0. The Morgan fingerprint density at radius 2 is 2.00 bits per heavy atom. The van der Waals surface area contributed by atoms with Crippen LogP contribution in [-0.4, -0.2) is 6.79 Å². The molecule has 0 spiro atoms. The number of hydrogen-bond donors (Lipinski definition) is 2. The molecule has 3 rings (SSSR count). The number of fused-ring (bicyclic) bond motifs is 1. The molecule has 1 aliphatic rings. The number of hydrogen-bond acceptors (Lipinski definition) is 4. The van der Waals surface area contributed by atoms with E-state index >= 15 is 0 Å². The van der Waals surface area contributed by atoms with Gasteiger partial charge in [0.1, 0.15) is 5.75 Å². The molecule has 2 aromatic carbocycles. The number of benzene rings is 2. The van der Waals surface area contributed by atoms with Crippen molar-refractivity contribution in [1.82, 2.24) is 5.43 Å². The summed E-state index contributed by atoms with van der Waals surface area (Å²) >= 11 is 6.12. The van der Waals surface area contributed by atoms with Gasteiger partial charge >= 0.3 is 0 Å². The quantitative estimate of drug-likeness (QED) is 0.848. The third-order valence-electron chi connectivity index (χ3n) is 3.04. The molecule has 0 fully saturated rings. The molecule has 0 saturated heterocycles. The van der Waals surface area contributed by atoms with E-state index in [0.29, 0.717) is 18.2 Å². The molecule has 1 heterocycles. The highest BCUT2D eigenvalue weighted by atomic mass is 35.5. The molecule has 0 unspecified atom stereocenters. The topological polar surface area (TPSA) is 42.5 Å². The van der Waals surface area contributed by atoms with Crippen LogP contribution in [0, 0.1) is 0 Å². The lowest BCUT2D eigenvalue weighted by atomic mass is 10.1. The summed E-state index contributed by atoms with van der Waals surface area (Å²) in [5, 5.41) is 0.689. The molecule has 0 bridgehead atoms. The van der Waals surface area contributed by atoms with E-state index in [1.165, 1.54) is 0 Å². The molecular weight excluding hydrogens is 276 g/mol. The Morgan fingerprint density at radius 3 is 2.85 bits per heavy atom. The second-order valence-corrected chi connectivity index (χ2v) is 4.94. The Balaban J connectivity index is 1.69. The number of anilines is 1. The second-order valence-electron chi connectivity index (χ2n) is 4.51. The maximum atomic E-state index is 6.12. The minimum atomic E-state index is 0.285. The third kappa shape index (κ3) is 3.04. The summed E-state index contributed by atoms with van der Waals surface area (Å²) < 4.78 is 10.8. The standard InChI is InChI=1S/C15H15ClN2O2/c16-13-6-11(15-12(7-13)9-19-10-20-15)8-17-18-14-4-2-1-3-5-14/h1-7,17-18H,8-10H2. The van der Waals surface area contributed by atoms with Crippen LogP contribution in [0.2, 0.25) is 5.02 Å². The minimum absolute atomic E-state index is 0.285. The molecule has 20 heavy (non-hydrogen) atoms. The molecule has 0 aromatic heterocycles. The zero-order valence-electron chi connectivity index (χ0n) is 10.9. The molecule has 104 valence electrons. The normalized spacial score (nSPS) is 13.4. The zero-order valence-corrected chi connectivity index (χ0v) is 11.6. The fraction of sp³-hybridized carbons (Fsp3) is 0.200. The lowest BCUT2D eigenvalue weighted by Crippen LogP contribution is -2.22. The summed E-state index contributed by atoms with van der Waals surface area (Å²) in [5.41, 5.74) is 9.31. The Bertz CT molecular complexity index is 590. The Kier molecular flexibility index (Phi) is 4.06. The minimum Gasteiger partial charge on any atom is -0.467 e. The Morgan fingerprint density at radius 1 is 1.15 bits per heavy atom. The average molecular weight is 291 g/mol. The molecule has 0 radical (unpaired) electrons. The van der Waals surface area contributed by atoms with Gasteiger partial charge in [0.05, 0.1) is 6.61 Å². The lowest BCUT2D eigenvalue weighted by Gasteiger charge is -2.21. The molecule has 0 atom stereocenters. The van der Waals surface area contributed by atoms with Crippen molar-refractivity contribution in [3.05, 3.63) is 58.6 Å². The van der Waals surface area contributed by atoms with Crippen molar-refractivity contribution in [3.8, 4) is 5.75 Å². The lowest BCUT2D eigenvalue weighted by molar-refractivity contribution is -0.0170. The first-order valence-corrected chi connectivity index (χ1v) is 6.76. The molecule has 1 aliphatic heterocycles. The van der Waals surface area contributed by atoms with Gasteiger partial charge < -0.3 is 14.9 Å². The molecule has 5 heteroatoms. The van der Waals surface area contributed by atoms with Gasteiger partial charge in [0, 0.05) is 28.4 Å². The summed E-state index contributed by atoms with van der Waals surface area (Å²) in [6.07, 6.45) is 0. The largest absolute Gasteiger partial charge is 0.467 e. The highest BCUT2D eigenvalue weighted by Crippen LogP contribution is 2.31. The van der Waals surface area contributed by atoms with Gasteiger partial charge in [-0.2, -0.15) is 0 Å². The van der Waals surface area contributed by atoms with Crippen LogP contribution in [0.4, 0.5) is 5.69 Å². The maximum Gasteiger partial charge on any atom is 0.189 e. The van der Waals surface area contributed by atoms with Gasteiger partial charge in [-0.1, -0.05) is 29.8 Å². The molecular formula is C15H15ClN2O2. The molecule has 2 N–H and O–H groups in total. The number of halogens is 1. The number of rotatable bonds is 4. The number of para-hydroxylation sites is 1. The van der Waals surface area contributed by atoms with Gasteiger partial charge in [-0.3, -0.25) is 0 Å². The van der Waals surface area contributed by atoms with E-state index in [2.05, 4.69) is 10.9 Å². The fourth-order valence-corrected chi connectivity index (χ4v) is 2.41. The number of hydrazine groups is 1. The van der Waals surface area contributed by atoms with E-state index in [4.69, 9.17) is 21.1 Å². The van der Waals surface area contributed by atoms with E-state index in [1.54, 1.807) is 0 Å². The van der Waals surface area contributed by atoms with E-state index in [0.717, 1.165) is 22.6 Å². The van der Waals surface area contributed by atoms with E-state index in [9.17, 15) is 0 Å². The molecule has 0 aliphatic carbocycles. The van der Waals surface area contributed by atoms with Gasteiger partial charge in [0.2, 0.25) is 0 Å². The Labute approximate surface area is 122 Å². The number of ether oxygens (including phenoxy) is 2. The third-order valence-corrected chi connectivity index (χ3v) is 3.26. The van der Waals surface area contributed by atoms with Gasteiger partial charge in [-0.05, 0) is 24.3 Å². The smallest absolute Gasteiger partial charge is 0.189 e. The summed E-state index contributed by atoms with van der Waals surface area (Å²) in [5.74, 6) is 0.864. The predicted octanol–water partition coefficient (Wildman–Crippen LogP) is 3.32. The van der Waals surface area contributed by atoms with Crippen LogP contribution >= 0.6 is 11.6 Å². The summed E-state index contributed by atoms with van der Waals surface area (Å²) in [4.78, 5) is 0. The van der Waals surface area contributed by atoms with Crippen LogP contribution in [0.5, 0.6) is 5.75 Å². The van der Waals surface area contributed by atoms with E-state index < -0.39 is 0 Å². The fourth-order valence-electron chi connectivity index (χ4n) is 2.15. The first-order chi connectivity index (χ1) is 9.83. The van der Waals surface area contributed by atoms with Crippen LogP contribution in [0.15, 0.2) is 42.5 Å². The predicted molar refractivity (Wildman–Crippen MR) is 78.6 cm³/mol. The SMILES string of the molecule is Clc1cc(CNNc2ccccc2)c2c(c1)COCO2. The van der Waals surface area contributed by atoms with Crippen LogP contribution in [0.25, 0.3) is 0 Å². The summed E-state index contributed by atoms with van der Waals surface area (Å²) in [6, 6.07) is 13.7. The van der Waals surface area contributed by atoms with E-state index in [1.807, 2.05) is 42.5 Å². The van der Waals surface area contributed by atoms with Gasteiger partial charge in [0.25, 0.3) is 0 Å². The van der Waals surface area contributed by atoms with Crippen molar-refractivity contribution in [2.75, 3.05) is 12.2 Å².